The van der Waals surface area contributed by atoms with Crippen molar-refractivity contribution < 1.29 is 0 Å². The predicted molar refractivity (Wildman–Crippen MR) is 71.3 cm³/mol. The highest BCUT2D eigenvalue weighted by atomic mass is 35.5. The normalized spacial score (nSPS) is 18.8. The van der Waals surface area contributed by atoms with Gasteiger partial charge in [-0.2, -0.15) is 0 Å². The summed E-state index contributed by atoms with van der Waals surface area (Å²) in [6, 6.07) is 2.04. The quantitative estimate of drug-likeness (QED) is 0.874. The maximum absolute atomic E-state index is 5.89. The first-order chi connectivity index (χ1) is 7.62. The molecule has 90 valence electrons. The summed E-state index contributed by atoms with van der Waals surface area (Å²) in [4.78, 5) is 3.68. The minimum Gasteiger partial charge on any atom is -0.310 e. The second-order valence-corrected chi connectivity index (χ2v) is 6.24. The summed E-state index contributed by atoms with van der Waals surface area (Å²) in [5, 5.41) is 6.39. The molecular formula is C12H19ClN2S. The van der Waals surface area contributed by atoms with Crippen LogP contribution in [0.1, 0.15) is 24.1 Å². The van der Waals surface area contributed by atoms with Crippen LogP contribution in [0, 0.1) is 0 Å². The first kappa shape index (κ1) is 12.4. The van der Waals surface area contributed by atoms with Gasteiger partial charge in [-0.15, -0.1) is 11.3 Å². The highest BCUT2D eigenvalue weighted by Crippen LogP contribution is 2.35. The van der Waals surface area contributed by atoms with Crippen LogP contribution in [0.25, 0.3) is 0 Å². The fourth-order valence-corrected chi connectivity index (χ4v) is 3.27. The van der Waals surface area contributed by atoms with E-state index in [0.717, 1.165) is 18.1 Å². The molecule has 0 bridgehead atoms. The Morgan fingerprint density at radius 2 is 2.25 bits per heavy atom. The Kier molecular flexibility index (Phi) is 3.90. The van der Waals surface area contributed by atoms with Crippen LogP contribution in [0.4, 0.5) is 0 Å². The van der Waals surface area contributed by atoms with Crippen molar-refractivity contribution in [1.82, 2.24) is 10.2 Å². The third-order valence-corrected chi connectivity index (χ3v) is 4.89. The van der Waals surface area contributed by atoms with E-state index in [2.05, 4.69) is 24.3 Å². The van der Waals surface area contributed by atoms with Crippen molar-refractivity contribution in [2.75, 3.05) is 20.6 Å². The highest BCUT2D eigenvalue weighted by Gasteiger charge is 2.38. The van der Waals surface area contributed by atoms with Gasteiger partial charge < -0.3 is 10.2 Å². The minimum atomic E-state index is 0.404. The Morgan fingerprint density at radius 3 is 2.69 bits per heavy atom. The van der Waals surface area contributed by atoms with E-state index < -0.39 is 0 Å². The fraction of sp³-hybridized carbons (Fsp3) is 0.667. The van der Waals surface area contributed by atoms with Gasteiger partial charge in [-0.05, 0) is 39.4 Å². The van der Waals surface area contributed by atoms with E-state index in [4.69, 9.17) is 11.6 Å². The molecule has 1 aromatic heterocycles. The molecule has 1 aromatic rings. The molecule has 0 aliphatic heterocycles. The molecule has 2 rings (SSSR count). The van der Waals surface area contributed by atoms with Crippen molar-refractivity contribution in [3.8, 4) is 0 Å². The summed E-state index contributed by atoms with van der Waals surface area (Å²) in [7, 11) is 4.37. The number of halogens is 1. The molecular weight excluding hydrogens is 240 g/mol. The lowest BCUT2D eigenvalue weighted by Gasteiger charge is -2.47. The molecule has 1 saturated carbocycles. The number of likely N-dealkylation sites (N-methyl/N-ethyl adjacent to an activating group) is 1. The van der Waals surface area contributed by atoms with Gasteiger partial charge in [0.05, 0.1) is 5.02 Å². The zero-order valence-corrected chi connectivity index (χ0v) is 11.5. The molecule has 1 heterocycles. The van der Waals surface area contributed by atoms with Gasteiger partial charge >= 0.3 is 0 Å². The average molecular weight is 259 g/mol. The van der Waals surface area contributed by atoms with Gasteiger partial charge in [0.2, 0.25) is 0 Å². The van der Waals surface area contributed by atoms with Crippen molar-refractivity contribution in [2.24, 2.45) is 0 Å². The van der Waals surface area contributed by atoms with Crippen LogP contribution in [0.15, 0.2) is 11.4 Å². The van der Waals surface area contributed by atoms with Crippen LogP contribution >= 0.6 is 22.9 Å². The smallest absolute Gasteiger partial charge is 0.0516 e. The Hall–Kier alpha value is -0.0900. The van der Waals surface area contributed by atoms with Crippen LogP contribution in [-0.4, -0.2) is 31.1 Å². The molecule has 1 fully saturated rings. The van der Waals surface area contributed by atoms with E-state index in [1.807, 2.05) is 11.4 Å². The van der Waals surface area contributed by atoms with E-state index >= 15 is 0 Å². The van der Waals surface area contributed by atoms with Gasteiger partial charge in [-0.1, -0.05) is 11.6 Å². The number of rotatable bonds is 5. The van der Waals surface area contributed by atoms with E-state index in [1.165, 1.54) is 24.1 Å². The number of hydrogen-bond acceptors (Lipinski definition) is 3. The second kappa shape index (κ2) is 5.05. The van der Waals surface area contributed by atoms with Crippen LogP contribution < -0.4 is 5.32 Å². The monoisotopic (exact) mass is 258 g/mol. The molecule has 0 atom stereocenters. The lowest BCUT2D eigenvalue weighted by Crippen LogP contribution is -2.56. The number of nitrogens with one attached hydrogen (secondary N) is 1. The SMILES string of the molecule is CN(C)C1(CNCc2cc(Cl)cs2)CCC1. The molecule has 1 aliphatic rings. The van der Waals surface area contributed by atoms with Crippen molar-refractivity contribution in [3.63, 3.8) is 0 Å². The second-order valence-electron chi connectivity index (χ2n) is 4.81. The summed E-state index contributed by atoms with van der Waals surface area (Å²) in [6.07, 6.45) is 4.00. The third kappa shape index (κ3) is 2.59. The van der Waals surface area contributed by atoms with Crippen molar-refractivity contribution >= 4 is 22.9 Å². The van der Waals surface area contributed by atoms with E-state index in [1.54, 1.807) is 11.3 Å². The molecule has 1 N–H and O–H groups in total. The maximum Gasteiger partial charge on any atom is 0.0516 e. The summed E-state index contributed by atoms with van der Waals surface area (Å²) >= 11 is 7.62. The summed E-state index contributed by atoms with van der Waals surface area (Å²) in [5.41, 5.74) is 0.404. The lowest BCUT2D eigenvalue weighted by atomic mass is 9.75. The van der Waals surface area contributed by atoms with Gasteiger partial charge in [0.15, 0.2) is 0 Å². The van der Waals surface area contributed by atoms with Crippen LogP contribution in [0.2, 0.25) is 5.02 Å². The zero-order valence-electron chi connectivity index (χ0n) is 9.92. The molecule has 0 spiro atoms. The minimum absolute atomic E-state index is 0.404. The van der Waals surface area contributed by atoms with Crippen molar-refractivity contribution in [1.29, 1.82) is 0 Å². The largest absolute Gasteiger partial charge is 0.310 e. The van der Waals surface area contributed by atoms with Crippen molar-refractivity contribution in [2.45, 2.75) is 31.3 Å². The number of hydrogen-bond donors (Lipinski definition) is 1. The van der Waals surface area contributed by atoms with Crippen molar-refractivity contribution in [3.05, 3.63) is 21.3 Å². The van der Waals surface area contributed by atoms with Gasteiger partial charge in [0, 0.05) is 28.9 Å². The molecule has 16 heavy (non-hydrogen) atoms. The molecule has 0 unspecified atom stereocenters. The first-order valence-electron chi connectivity index (χ1n) is 5.73. The van der Waals surface area contributed by atoms with Gasteiger partial charge in [-0.3, -0.25) is 0 Å². The van der Waals surface area contributed by atoms with Gasteiger partial charge in [0.25, 0.3) is 0 Å². The molecule has 2 nitrogen and oxygen atoms in total. The van der Waals surface area contributed by atoms with Crippen LogP contribution in [0.3, 0.4) is 0 Å². The van der Waals surface area contributed by atoms with Gasteiger partial charge in [0.1, 0.15) is 0 Å². The Balaban J connectivity index is 1.79. The van der Waals surface area contributed by atoms with Gasteiger partial charge in [-0.25, -0.2) is 0 Å². The third-order valence-electron chi connectivity index (χ3n) is 3.61. The average Bonchev–Trinajstić information content (AvgIpc) is 2.55. The maximum atomic E-state index is 5.89. The lowest BCUT2D eigenvalue weighted by molar-refractivity contribution is 0.0599. The Labute approximate surface area is 107 Å². The van der Waals surface area contributed by atoms with E-state index in [9.17, 15) is 0 Å². The summed E-state index contributed by atoms with van der Waals surface area (Å²) < 4.78 is 0. The topological polar surface area (TPSA) is 15.3 Å². The van der Waals surface area contributed by atoms with Crippen LogP contribution in [0.5, 0.6) is 0 Å². The summed E-state index contributed by atoms with van der Waals surface area (Å²) in [5.74, 6) is 0. The Bertz CT molecular complexity index is 345. The predicted octanol–water partition coefficient (Wildman–Crippen LogP) is 2.98. The fourth-order valence-electron chi connectivity index (χ4n) is 2.23. The van der Waals surface area contributed by atoms with E-state index in [0.29, 0.717) is 5.54 Å². The molecule has 0 radical (unpaired) electrons. The molecule has 0 saturated heterocycles. The number of thiophene rings is 1. The Morgan fingerprint density at radius 1 is 1.50 bits per heavy atom. The first-order valence-corrected chi connectivity index (χ1v) is 6.99. The zero-order chi connectivity index (χ0) is 11.6. The molecule has 1 aliphatic carbocycles. The molecule has 4 heteroatoms. The summed E-state index contributed by atoms with van der Waals surface area (Å²) in [6.45, 7) is 2.02. The highest BCUT2D eigenvalue weighted by molar-refractivity contribution is 7.10. The molecule has 0 amide bonds. The van der Waals surface area contributed by atoms with E-state index in [-0.39, 0.29) is 0 Å². The van der Waals surface area contributed by atoms with Crippen LogP contribution in [-0.2, 0) is 6.54 Å². The molecule has 0 aromatic carbocycles. The number of nitrogens with zero attached hydrogens (tertiary/aromatic N) is 1. The standard InChI is InChI=1S/C12H19ClN2S/c1-15(2)12(4-3-5-12)9-14-7-11-6-10(13)8-16-11/h6,8,14H,3-5,7,9H2,1-2H3.